The van der Waals surface area contributed by atoms with Crippen LogP contribution in [0.3, 0.4) is 0 Å². The third kappa shape index (κ3) is 2.08. The summed E-state index contributed by atoms with van der Waals surface area (Å²) in [5.41, 5.74) is 2.08. The van der Waals surface area contributed by atoms with Crippen molar-refractivity contribution in [3.63, 3.8) is 0 Å². The molecule has 2 aromatic carbocycles. The van der Waals surface area contributed by atoms with Crippen molar-refractivity contribution < 1.29 is 4.39 Å². The van der Waals surface area contributed by atoms with Gasteiger partial charge >= 0.3 is 0 Å². The third-order valence-corrected chi connectivity index (χ3v) is 2.53. The highest BCUT2D eigenvalue weighted by atomic mass is 35.5. The van der Waals surface area contributed by atoms with Gasteiger partial charge in [0, 0.05) is 16.1 Å². The standard InChI is InChI=1S/C14H8ClF/c1-2-10-3-5-11(6-4-10)13-8-7-12(15)9-14(13)16/h1,3-9H. The van der Waals surface area contributed by atoms with Gasteiger partial charge in [0.05, 0.1) is 0 Å². The van der Waals surface area contributed by atoms with E-state index in [4.69, 9.17) is 18.0 Å². The number of rotatable bonds is 1. The molecule has 0 N–H and O–H groups in total. The second-order valence-corrected chi connectivity index (χ2v) is 3.78. The molecule has 0 nitrogen and oxygen atoms in total. The summed E-state index contributed by atoms with van der Waals surface area (Å²) in [5.74, 6) is 2.18. The van der Waals surface area contributed by atoms with Crippen LogP contribution in [0.1, 0.15) is 5.56 Å². The minimum atomic E-state index is -0.332. The van der Waals surface area contributed by atoms with Crippen LogP contribution >= 0.6 is 11.6 Å². The van der Waals surface area contributed by atoms with Crippen LogP contribution in [0.2, 0.25) is 5.02 Å². The van der Waals surface area contributed by atoms with E-state index in [1.165, 1.54) is 6.07 Å². The van der Waals surface area contributed by atoms with Gasteiger partial charge in [-0.15, -0.1) is 6.42 Å². The highest BCUT2D eigenvalue weighted by molar-refractivity contribution is 6.30. The lowest BCUT2D eigenvalue weighted by Gasteiger charge is -2.03. The quantitative estimate of drug-likeness (QED) is 0.647. The molecule has 0 atom stereocenters. The van der Waals surface area contributed by atoms with Gasteiger partial charge in [-0.2, -0.15) is 0 Å². The number of hydrogen-bond acceptors (Lipinski definition) is 0. The minimum absolute atomic E-state index is 0.332. The van der Waals surface area contributed by atoms with Gasteiger partial charge in [0.15, 0.2) is 0 Å². The van der Waals surface area contributed by atoms with E-state index in [1.54, 1.807) is 36.4 Å². The summed E-state index contributed by atoms with van der Waals surface area (Å²) in [6, 6.07) is 11.8. The zero-order chi connectivity index (χ0) is 11.5. The smallest absolute Gasteiger partial charge is 0.132 e. The van der Waals surface area contributed by atoms with Gasteiger partial charge in [0.25, 0.3) is 0 Å². The average molecular weight is 231 g/mol. The summed E-state index contributed by atoms with van der Waals surface area (Å²) in [6.45, 7) is 0. The van der Waals surface area contributed by atoms with Gasteiger partial charge < -0.3 is 0 Å². The van der Waals surface area contributed by atoms with Crippen LogP contribution in [-0.4, -0.2) is 0 Å². The maximum atomic E-state index is 13.6. The lowest BCUT2D eigenvalue weighted by Crippen LogP contribution is -1.84. The van der Waals surface area contributed by atoms with Crippen LogP contribution in [0.5, 0.6) is 0 Å². The van der Waals surface area contributed by atoms with Crippen molar-refractivity contribution in [2.24, 2.45) is 0 Å². The Morgan fingerprint density at radius 2 is 1.75 bits per heavy atom. The Balaban J connectivity index is 2.47. The van der Waals surface area contributed by atoms with Gasteiger partial charge in [-0.1, -0.05) is 29.7 Å². The summed E-state index contributed by atoms with van der Waals surface area (Å²) < 4.78 is 13.6. The van der Waals surface area contributed by atoms with E-state index in [2.05, 4.69) is 5.92 Å². The molecule has 0 amide bonds. The third-order valence-electron chi connectivity index (χ3n) is 2.29. The van der Waals surface area contributed by atoms with Gasteiger partial charge in [-0.25, -0.2) is 4.39 Å². The Hall–Kier alpha value is -1.78. The largest absolute Gasteiger partial charge is 0.206 e. The molecule has 2 rings (SSSR count). The number of hydrogen-bond donors (Lipinski definition) is 0. The van der Waals surface area contributed by atoms with E-state index < -0.39 is 0 Å². The Morgan fingerprint density at radius 3 is 2.31 bits per heavy atom. The number of halogens is 2. The van der Waals surface area contributed by atoms with Gasteiger partial charge in [-0.05, 0) is 35.9 Å². The topological polar surface area (TPSA) is 0 Å². The van der Waals surface area contributed by atoms with E-state index in [0.717, 1.165) is 11.1 Å². The van der Waals surface area contributed by atoms with Crippen LogP contribution in [0.15, 0.2) is 42.5 Å². The molecule has 78 valence electrons. The first kappa shape index (κ1) is 10.7. The zero-order valence-corrected chi connectivity index (χ0v) is 9.13. The maximum absolute atomic E-state index is 13.6. The first-order valence-corrected chi connectivity index (χ1v) is 5.10. The van der Waals surface area contributed by atoms with E-state index in [-0.39, 0.29) is 5.82 Å². The van der Waals surface area contributed by atoms with Crippen LogP contribution in [0.4, 0.5) is 4.39 Å². The molecular weight excluding hydrogens is 223 g/mol. The van der Waals surface area contributed by atoms with Crippen LogP contribution in [0.25, 0.3) is 11.1 Å². The van der Waals surface area contributed by atoms with Crippen LogP contribution < -0.4 is 0 Å². The summed E-state index contributed by atoms with van der Waals surface area (Å²) in [4.78, 5) is 0. The monoisotopic (exact) mass is 230 g/mol. The van der Waals surface area contributed by atoms with Gasteiger partial charge in [0.1, 0.15) is 5.82 Å². The number of terminal acetylenes is 1. The Kier molecular flexibility index (Phi) is 2.94. The SMILES string of the molecule is C#Cc1ccc(-c2ccc(Cl)cc2F)cc1. The Bertz CT molecular complexity index is 550. The predicted molar refractivity (Wildman–Crippen MR) is 64.8 cm³/mol. The van der Waals surface area contributed by atoms with E-state index in [0.29, 0.717) is 10.6 Å². The minimum Gasteiger partial charge on any atom is -0.206 e. The van der Waals surface area contributed by atoms with E-state index in [1.807, 2.05) is 0 Å². The van der Waals surface area contributed by atoms with Crippen molar-refractivity contribution in [1.29, 1.82) is 0 Å². The molecule has 0 aliphatic carbocycles. The average Bonchev–Trinajstić information content (AvgIpc) is 2.29. The van der Waals surface area contributed by atoms with Crippen molar-refractivity contribution in [3.8, 4) is 23.5 Å². The first-order chi connectivity index (χ1) is 7.70. The summed E-state index contributed by atoms with van der Waals surface area (Å²) >= 11 is 5.69. The van der Waals surface area contributed by atoms with Gasteiger partial charge in [0.2, 0.25) is 0 Å². The second-order valence-electron chi connectivity index (χ2n) is 3.35. The second kappa shape index (κ2) is 4.38. The van der Waals surface area contributed by atoms with Crippen molar-refractivity contribution in [2.45, 2.75) is 0 Å². The van der Waals surface area contributed by atoms with Crippen LogP contribution in [0, 0.1) is 18.2 Å². The molecule has 0 aliphatic heterocycles. The Morgan fingerprint density at radius 1 is 1.06 bits per heavy atom. The predicted octanol–water partition coefficient (Wildman–Crippen LogP) is 4.13. The summed E-state index contributed by atoms with van der Waals surface area (Å²) in [5, 5.41) is 0.390. The molecule has 0 aromatic heterocycles. The maximum Gasteiger partial charge on any atom is 0.132 e. The summed E-state index contributed by atoms with van der Waals surface area (Å²) in [6.07, 6.45) is 5.25. The molecule has 2 heteroatoms. The van der Waals surface area contributed by atoms with E-state index in [9.17, 15) is 4.39 Å². The van der Waals surface area contributed by atoms with Gasteiger partial charge in [-0.3, -0.25) is 0 Å². The lowest BCUT2D eigenvalue weighted by molar-refractivity contribution is 0.631. The molecule has 0 saturated carbocycles. The zero-order valence-electron chi connectivity index (χ0n) is 8.37. The molecule has 0 aliphatic rings. The lowest BCUT2D eigenvalue weighted by atomic mass is 10.0. The highest BCUT2D eigenvalue weighted by Gasteiger charge is 2.05. The molecule has 0 fully saturated rings. The summed E-state index contributed by atoms with van der Waals surface area (Å²) in [7, 11) is 0. The molecule has 0 bridgehead atoms. The van der Waals surface area contributed by atoms with Crippen molar-refractivity contribution >= 4 is 11.6 Å². The van der Waals surface area contributed by atoms with Crippen LogP contribution in [-0.2, 0) is 0 Å². The molecule has 0 saturated heterocycles. The van der Waals surface area contributed by atoms with E-state index >= 15 is 0 Å². The molecule has 0 radical (unpaired) electrons. The fraction of sp³-hybridized carbons (Fsp3) is 0. The fourth-order valence-corrected chi connectivity index (χ4v) is 1.63. The first-order valence-electron chi connectivity index (χ1n) is 4.73. The molecule has 0 spiro atoms. The van der Waals surface area contributed by atoms with Crippen molar-refractivity contribution in [1.82, 2.24) is 0 Å². The molecule has 2 aromatic rings. The molecular formula is C14H8ClF. The number of benzene rings is 2. The Labute approximate surface area is 98.7 Å². The molecule has 16 heavy (non-hydrogen) atoms. The van der Waals surface area contributed by atoms with Crippen molar-refractivity contribution in [2.75, 3.05) is 0 Å². The fourth-order valence-electron chi connectivity index (χ4n) is 1.47. The highest BCUT2D eigenvalue weighted by Crippen LogP contribution is 2.25. The molecule has 0 heterocycles. The van der Waals surface area contributed by atoms with Crippen molar-refractivity contribution in [3.05, 3.63) is 58.9 Å². The normalized spacial score (nSPS) is 9.81. The molecule has 0 unspecified atom stereocenters.